The lowest BCUT2D eigenvalue weighted by molar-refractivity contribution is -0.121. The average Bonchev–Trinajstić information content (AvgIpc) is 3.51. The van der Waals surface area contributed by atoms with Gasteiger partial charge in [-0.25, -0.2) is 12.8 Å². The number of nitrogens with one attached hydrogen (secondary N) is 2. The SMILES string of the molecule is CCCCOc1cc(C(=O)N[C@H]2[C@@H](C(=O)Nc3cccc(S(=O)(=O)C(F)(F)F)c3)[C@@H]3C=C[C@H]2C3)c(OC)cc1F. The Morgan fingerprint density at radius 1 is 1.07 bits per heavy atom. The van der Waals surface area contributed by atoms with E-state index in [9.17, 15) is 35.6 Å². The molecule has 0 aromatic heterocycles. The fourth-order valence-corrected chi connectivity index (χ4v) is 5.83. The minimum atomic E-state index is -5.61. The number of allylic oxidation sites excluding steroid dienone is 1. The van der Waals surface area contributed by atoms with Gasteiger partial charge in [0.25, 0.3) is 15.7 Å². The van der Waals surface area contributed by atoms with E-state index in [2.05, 4.69) is 10.6 Å². The number of alkyl halides is 3. The molecule has 0 unspecified atom stereocenters. The normalized spacial score (nSPS) is 21.8. The van der Waals surface area contributed by atoms with Crippen molar-refractivity contribution in [1.29, 1.82) is 0 Å². The van der Waals surface area contributed by atoms with Crippen LogP contribution in [0.5, 0.6) is 11.5 Å². The third-order valence-corrected chi connectivity index (χ3v) is 8.51. The third-order valence-electron chi connectivity index (χ3n) is 7.03. The van der Waals surface area contributed by atoms with Gasteiger partial charge in [0.05, 0.1) is 30.1 Å². The molecule has 1 saturated carbocycles. The highest BCUT2D eigenvalue weighted by Crippen LogP contribution is 2.44. The minimum absolute atomic E-state index is 0.00590. The maximum absolute atomic E-state index is 14.5. The predicted octanol–water partition coefficient (Wildman–Crippen LogP) is 4.87. The van der Waals surface area contributed by atoms with E-state index in [0.29, 0.717) is 12.8 Å². The number of unbranched alkanes of at least 4 members (excludes halogenated alkanes) is 1. The molecule has 2 aliphatic rings. The zero-order valence-electron chi connectivity index (χ0n) is 21.6. The van der Waals surface area contributed by atoms with Crippen LogP contribution in [0.4, 0.5) is 23.2 Å². The highest BCUT2D eigenvalue weighted by atomic mass is 32.2. The Morgan fingerprint density at radius 3 is 2.48 bits per heavy atom. The number of hydrogen-bond acceptors (Lipinski definition) is 6. The molecule has 40 heavy (non-hydrogen) atoms. The first-order valence-corrected chi connectivity index (χ1v) is 14.1. The second kappa shape index (κ2) is 11.5. The molecule has 0 heterocycles. The van der Waals surface area contributed by atoms with E-state index < -0.39 is 49.8 Å². The summed E-state index contributed by atoms with van der Waals surface area (Å²) >= 11 is 0. The van der Waals surface area contributed by atoms with Gasteiger partial charge in [-0.1, -0.05) is 31.6 Å². The van der Waals surface area contributed by atoms with Gasteiger partial charge in [-0.3, -0.25) is 9.59 Å². The predicted molar refractivity (Wildman–Crippen MR) is 137 cm³/mol. The Morgan fingerprint density at radius 2 is 1.80 bits per heavy atom. The molecular weight excluding hydrogens is 556 g/mol. The molecule has 0 saturated heterocycles. The topological polar surface area (TPSA) is 111 Å². The molecule has 8 nitrogen and oxygen atoms in total. The Labute approximate surface area is 228 Å². The summed E-state index contributed by atoms with van der Waals surface area (Å²) in [6.07, 6.45) is 5.77. The van der Waals surface area contributed by atoms with Crippen molar-refractivity contribution in [2.24, 2.45) is 17.8 Å². The molecular formula is C27H28F4N2O6S. The average molecular weight is 585 g/mol. The van der Waals surface area contributed by atoms with Crippen molar-refractivity contribution in [2.45, 2.75) is 42.6 Å². The summed E-state index contributed by atoms with van der Waals surface area (Å²) in [5, 5.41) is 5.33. The number of hydrogen-bond donors (Lipinski definition) is 2. The standard InChI is InChI=1S/C27H28F4N2O6S/c1-3-4-10-39-22-13-19(21(38-2)14-20(22)28)25(34)33-24-16-9-8-15(11-16)23(24)26(35)32-17-6-5-7-18(12-17)40(36,37)27(29,30)31/h5-9,12-16,23-24H,3-4,10-11H2,1-2H3,(H,32,35)(H,33,34)/t15-,16+,23+,24-/m1/s1. The second-order valence-corrected chi connectivity index (χ2v) is 11.6. The van der Waals surface area contributed by atoms with Crippen molar-refractivity contribution in [3.63, 3.8) is 0 Å². The third kappa shape index (κ3) is 5.79. The fraction of sp³-hybridized carbons (Fsp3) is 0.407. The maximum atomic E-state index is 14.5. The van der Waals surface area contributed by atoms with Crippen molar-refractivity contribution in [1.82, 2.24) is 5.32 Å². The molecule has 2 amide bonds. The number of methoxy groups -OCH3 is 1. The number of carbonyl (C=O) groups excluding carboxylic acids is 2. The summed E-state index contributed by atoms with van der Waals surface area (Å²) in [6, 6.07) is 5.48. The number of sulfone groups is 1. The van der Waals surface area contributed by atoms with Crippen molar-refractivity contribution in [3.05, 3.63) is 59.9 Å². The molecule has 2 bridgehead atoms. The van der Waals surface area contributed by atoms with Crippen LogP contribution in [0.2, 0.25) is 0 Å². The molecule has 2 aromatic rings. The highest BCUT2D eigenvalue weighted by Gasteiger charge is 2.49. The first kappa shape index (κ1) is 29.4. The lowest BCUT2D eigenvalue weighted by atomic mass is 9.87. The van der Waals surface area contributed by atoms with Gasteiger partial charge in [0.15, 0.2) is 11.6 Å². The Kier molecular flexibility index (Phi) is 8.43. The van der Waals surface area contributed by atoms with Gasteiger partial charge in [-0.15, -0.1) is 0 Å². The van der Waals surface area contributed by atoms with Crippen molar-refractivity contribution < 1.29 is 45.0 Å². The molecule has 216 valence electrons. The van der Waals surface area contributed by atoms with Gasteiger partial charge in [0.1, 0.15) is 5.75 Å². The number of halogens is 4. The molecule has 4 rings (SSSR count). The van der Waals surface area contributed by atoms with Crippen molar-refractivity contribution >= 4 is 27.3 Å². The summed E-state index contributed by atoms with van der Waals surface area (Å²) in [5.41, 5.74) is -5.63. The highest BCUT2D eigenvalue weighted by molar-refractivity contribution is 7.92. The van der Waals surface area contributed by atoms with Crippen molar-refractivity contribution in [3.8, 4) is 11.5 Å². The molecule has 4 atom stereocenters. The summed E-state index contributed by atoms with van der Waals surface area (Å²) in [6.45, 7) is 2.20. The molecule has 2 N–H and O–H groups in total. The number of amides is 2. The molecule has 1 fully saturated rings. The molecule has 2 aromatic carbocycles. The monoisotopic (exact) mass is 584 g/mol. The molecule has 0 aliphatic heterocycles. The number of benzene rings is 2. The number of ether oxygens (including phenoxy) is 2. The van der Waals surface area contributed by atoms with Crippen molar-refractivity contribution in [2.75, 3.05) is 19.0 Å². The first-order chi connectivity index (χ1) is 18.9. The second-order valence-electron chi connectivity index (χ2n) is 9.62. The lowest BCUT2D eigenvalue weighted by Gasteiger charge is -2.28. The molecule has 0 spiro atoms. The summed E-state index contributed by atoms with van der Waals surface area (Å²) < 4.78 is 87.7. The van der Waals surface area contributed by atoms with Crippen LogP contribution < -0.4 is 20.1 Å². The Bertz CT molecular complexity index is 1430. The van der Waals surface area contributed by atoms with Gasteiger partial charge < -0.3 is 20.1 Å². The number of fused-ring (bicyclic) bond motifs is 2. The van der Waals surface area contributed by atoms with Gasteiger partial charge in [0, 0.05) is 17.8 Å². The Balaban J connectivity index is 1.55. The number of carbonyl (C=O) groups is 2. The van der Waals surface area contributed by atoms with E-state index in [4.69, 9.17) is 9.47 Å². The van der Waals surface area contributed by atoms with Gasteiger partial charge in [-0.2, -0.15) is 13.2 Å². The number of anilines is 1. The van der Waals surface area contributed by atoms with Crippen LogP contribution in [0.3, 0.4) is 0 Å². The first-order valence-electron chi connectivity index (χ1n) is 12.6. The number of rotatable bonds is 10. The van der Waals surface area contributed by atoms with E-state index in [1.807, 2.05) is 19.1 Å². The van der Waals surface area contributed by atoms with Crippen LogP contribution in [0, 0.1) is 23.6 Å². The van der Waals surface area contributed by atoms with Crippen LogP contribution in [-0.4, -0.2) is 45.5 Å². The molecule has 13 heteroatoms. The van der Waals surface area contributed by atoms with E-state index in [0.717, 1.165) is 30.7 Å². The van der Waals surface area contributed by atoms with Gasteiger partial charge >= 0.3 is 5.51 Å². The molecule has 0 radical (unpaired) electrons. The van der Waals surface area contributed by atoms with Crippen LogP contribution in [0.25, 0.3) is 0 Å². The maximum Gasteiger partial charge on any atom is 0.501 e. The fourth-order valence-electron chi connectivity index (χ4n) is 5.02. The van der Waals surface area contributed by atoms with Crippen LogP contribution in [-0.2, 0) is 14.6 Å². The van der Waals surface area contributed by atoms with Crippen LogP contribution in [0.15, 0.2) is 53.4 Å². The van der Waals surface area contributed by atoms with E-state index in [1.54, 1.807) is 0 Å². The zero-order valence-corrected chi connectivity index (χ0v) is 22.4. The minimum Gasteiger partial charge on any atom is -0.496 e. The van der Waals surface area contributed by atoms with Crippen LogP contribution >= 0.6 is 0 Å². The van der Waals surface area contributed by atoms with Gasteiger partial charge in [0.2, 0.25) is 5.91 Å². The van der Waals surface area contributed by atoms with E-state index in [-0.39, 0.29) is 41.2 Å². The zero-order chi connectivity index (χ0) is 29.2. The summed E-state index contributed by atoms with van der Waals surface area (Å²) in [5.74, 6) is -3.32. The largest absolute Gasteiger partial charge is 0.501 e. The summed E-state index contributed by atoms with van der Waals surface area (Å²) in [7, 11) is -4.32. The van der Waals surface area contributed by atoms with E-state index >= 15 is 0 Å². The quantitative estimate of drug-likeness (QED) is 0.234. The van der Waals surface area contributed by atoms with Crippen LogP contribution in [0.1, 0.15) is 36.5 Å². The van der Waals surface area contributed by atoms with Gasteiger partial charge in [-0.05, 0) is 48.9 Å². The smallest absolute Gasteiger partial charge is 0.496 e. The Hall–Kier alpha value is -3.61. The van der Waals surface area contributed by atoms with E-state index in [1.165, 1.54) is 19.2 Å². The molecule has 2 aliphatic carbocycles. The summed E-state index contributed by atoms with van der Waals surface area (Å²) in [4.78, 5) is 25.6. The lowest BCUT2D eigenvalue weighted by Crippen LogP contribution is -2.47.